The number of anilines is 3. The standard InChI is InChI=1S/C16H13ClN4O2/c1-10-6-15(21-23-10)19-12-7-11(8-18-9-12)16(22)20-14-5-3-2-4-13(14)17/h2-9H,1H3,(H,19,21)(H,20,22). The minimum Gasteiger partial charge on any atom is -0.360 e. The maximum atomic E-state index is 12.3. The van der Waals surface area contributed by atoms with Gasteiger partial charge in [-0.25, -0.2) is 0 Å². The third-order valence-corrected chi connectivity index (χ3v) is 3.35. The van der Waals surface area contributed by atoms with Crippen LogP contribution in [0.2, 0.25) is 5.02 Å². The molecule has 3 aromatic rings. The summed E-state index contributed by atoms with van der Waals surface area (Å²) in [4.78, 5) is 16.4. The van der Waals surface area contributed by atoms with Crippen LogP contribution >= 0.6 is 11.6 Å². The lowest BCUT2D eigenvalue weighted by Gasteiger charge is -2.08. The van der Waals surface area contributed by atoms with Gasteiger partial charge in [-0.05, 0) is 25.1 Å². The smallest absolute Gasteiger partial charge is 0.257 e. The zero-order valence-corrected chi connectivity index (χ0v) is 13.0. The number of hydrogen-bond acceptors (Lipinski definition) is 5. The molecule has 0 unspecified atom stereocenters. The summed E-state index contributed by atoms with van der Waals surface area (Å²) in [5.41, 5.74) is 1.57. The lowest BCUT2D eigenvalue weighted by atomic mass is 10.2. The molecule has 1 amide bonds. The number of aromatic nitrogens is 2. The van der Waals surface area contributed by atoms with Gasteiger partial charge in [0.1, 0.15) is 5.76 Å². The third kappa shape index (κ3) is 3.67. The van der Waals surface area contributed by atoms with Crippen LogP contribution in [0.15, 0.2) is 53.3 Å². The second-order valence-corrected chi connectivity index (χ2v) is 5.25. The van der Waals surface area contributed by atoms with Crippen molar-refractivity contribution in [1.82, 2.24) is 10.1 Å². The third-order valence-electron chi connectivity index (χ3n) is 3.02. The van der Waals surface area contributed by atoms with Crippen molar-refractivity contribution in [2.24, 2.45) is 0 Å². The van der Waals surface area contributed by atoms with Gasteiger partial charge in [-0.1, -0.05) is 28.9 Å². The summed E-state index contributed by atoms with van der Waals surface area (Å²) in [7, 11) is 0. The average Bonchev–Trinajstić information content (AvgIpc) is 2.95. The van der Waals surface area contributed by atoms with E-state index in [2.05, 4.69) is 20.8 Å². The normalized spacial score (nSPS) is 10.3. The van der Waals surface area contributed by atoms with Gasteiger partial charge in [-0.2, -0.15) is 0 Å². The Labute approximate surface area is 137 Å². The zero-order valence-electron chi connectivity index (χ0n) is 12.2. The van der Waals surface area contributed by atoms with Gasteiger partial charge >= 0.3 is 0 Å². The molecule has 0 aliphatic rings. The van der Waals surface area contributed by atoms with Crippen LogP contribution in [0.25, 0.3) is 0 Å². The highest BCUT2D eigenvalue weighted by Gasteiger charge is 2.10. The van der Waals surface area contributed by atoms with Gasteiger partial charge in [0, 0.05) is 12.3 Å². The number of nitrogens with one attached hydrogen (secondary N) is 2. The summed E-state index contributed by atoms with van der Waals surface area (Å²) in [5.74, 6) is 0.937. The molecular formula is C16H13ClN4O2. The van der Waals surface area contributed by atoms with Crippen molar-refractivity contribution in [2.45, 2.75) is 6.92 Å². The van der Waals surface area contributed by atoms with E-state index >= 15 is 0 Å². The predicted molar refractivity (Wildman–Crippen MR) is 88.2 cm³/mol. The fraction of sp³-hybridized carbons (Fsp3) is 0.0625. The number of rotatable bonds is 4. The van der Waals surface area contributed by atoms with Gasteiger partial charge < -0.3 is 15.2 Å². The van der Waals surface area contributed by atoms with E-state index in [0.717, 1.165) is 0 Å². The first-order chi connectivity index (χ1) is 11.1. The molecule has 0 spiro atoms. The average molecular weight is 329 g/mol. The van der Waals surface area contributed by atoms with E-state index in [9.17, 15) is 4.79 Å². The summed E-state index contributed by atoms with van der Waals surface area (Å²) in [6, 6.07) is 10.4. The van der Waals surface area contributed by atoms with Crippen molar-refractivity contribution in [3.05, 3.63) is 65.1 Å². The van der Waals surface area contributed by atoms with Crippen LogP contribution in [0.4, 0.5) is 17.2 Å². The van der Waals surface area contributed by atoms with Gasteiger partial charge in [-0.3, -0.25) is 9.78 Å². The molecule has 0 atom stereocenters. The Hall–Kier alpha value is -2.86. The van der Waals surface area contributed by atoms with Crippen LogP contribution in [0.1, 0.15) is 16.1 Å². The second-order valence-electron chi connectivity index (χ2n) is 4.84. The molecule has 0 aliphatic carbocycles. The Morgan fingerprint density at radius 3 is 2.78 bits per heavy atom. The lowest BCUT2D eigenvalue weighted by Crippen LogP contribution is -2.12. The van der Waals surface area contributed by atoms with E-state index in [1.807, 2.05) is 0 Å². The highest BCUT2D eigenvalue weighted by molar-refractivity contribution is 6.33. The van der Waals surface area contributed by atoms with E-state index < -0.39 is 0 Å². The van der Waals surface area contributed by atoms with E-state index in [1.165, 1.54) is 6.20 Å². The van der Waals surface area contributed by atoms with Crippen molar-refractivity contribution >= 4 is 34.7 Å². The molecule has 2 aromatic heterocycles. The van der Waals surface area contributed by atoms with Crippen LogP contribution in [-0.2, 0) is 0 Å². The zero-order chi connectivity index (χ0) is 16.2. The van der Waals surface area contributed by atoms with Gasteiger partial charge in [0.05, 0.1) is 28.2 Å². The fourth-order valence-corrected chi connectivity index (χ4v) is 2.15. The van der Waals surface area contributed by atoms with E-state index in [1.54, 1.807) is 49.5 Å². The Kier molecular flexibility index (Phi) is 4.25. The molecule has 0 radical (unpaired) electrons. The predicted octanol–water partition coefficient (Wildman–Crippen LogP) is 4.03. The summed E-state index contributed by atoms with van der Waals surface area (Å²) in [6.07, 6.45) is 3.07. The van der Waals surface area contributed by atoms with E-state index in [-0.39, 0.29) is 5.91 Å². The Morgan fingerprint density at radius 1 is 1.22 bits per heavy atom. The maximum Gasteiger partial charge on any atom is 0.257 e. The van der Waals surface area contributed by atoms with Crippen LogP contribution in [0.3, 0.4) is 0 Å². The maximum absolute atomic E-state index is 12.3. The molecule has 0 aliphatic heterocycles. The molecule has 0 bridgehead atoms. The topological polar surface area (TPSA) is 80.0 Å². The summed E-state index contributed by atoms with van der Waals surface area (Å²) < 4.78 is 4.98. The highest BCUT2D eigenvalue weighted by atomic mass is 35.5. The quantitative estimate of drug-likeness (QED) is 0.756. The number of carbonyl (C=O) groups excluding carboxylic acids is 1. The van der Waals surface area contributed by atoms with Crippen molar-refractivity contribution in [3.63, 3.8) is 0 Å². The Balaban J connectivity index is 1.76. The largest absolute Gasteiger partial charge is 0.360 e. The second kappa shape index (κ2) is 6.50. The molecule has 2 heterocycles. The van der Waals surface area contributed by atoms with Gasteiger partial charge in [0.2, 0.25) is 0 Å². The number of amides is 1. The minimum atomic E-state index is -0.300. The van der Waals surface area contributed by atoms with Crippen molar-refractivity contribution in [1.29, 1.82) is 0 Å². The summed E-state index contributed by atoms with van der Waals surface area (Å²) in [6.45, 7) is 1.80. The number of benzene rings is 1. The van der Waals surface area contributed by atoms with Gasteiger partial charge in [0.15, 0.2) is 5.82 Å². The number of halogens is 1. The number of para-hydroxylation sites is 1. The first-order valence-electron chi connectivity index (χ1n) is 6.83. The molecule has 2 N–H and O–H groups in total. The van der Waals surface area contributed by atoms with Crippen molar-refractivity contribution < 1.29 is 9.32 Å². The fourth-order valence-electron chi connectivity index (χ4n) is 1.96. The van der Waals surface area contributed by atoms with Crippen LogP contribution < -0.4 is 10.6 Å². The number of nitrogens with zero attached hydrogens (tertiary/aromatic N) is 2. The first-order valence-corrected chi connectivity index (χ1v) is 7.21. The molecule has 6 nitrogen and oxygen atoms in total. The lowest BCUT2D eigenvalue weighted by molar-refractivity contribution is 0.102. The first kappa shape index (κ1) is 15.1. The highest BCUT2D eigenvalue weighted by Crippen LogP contribution is 2.22. The SMILES string of the molecule is Cc1cc(Nc2cncc(C(=O)Nc3ccccc3Cl)c2)no1. The van der Waals surface area contributed by atoms with Crippen LogP contribution in [0, 0.1) is 6.92 Å². The minimum absolute atomic E-state index is 0.300. The molecule has 7 heteroatoms. The molecule has 0 fully saturated rings. The number of carbonyl (C=O) groups is 1. The van der Waals surface area contributed by atoms with Crippen LogP contribution in [0.5, 0.6) is 0 Å². The van der Waals surface area contributed by atoms with Gasteiger partial charge in [0.25, 0.3) is 5.91 Å². The van der Waals surface area contributed by atoms with Crippen molar-refractivity contribution in [2.75, 3.05) is 10.6 Å². The Morgan fingerprint density at radius 2 is 2.04 bits per heavy atom. The van der Waals surface area contributed by atoms with Gasteiger partial charge in [-0.15, -0.1) is 0 Å². The van der Waals surface area contributed by atoms with Crippen molar-refractivity contribution in [3.8, 4) is 0 Å². The van der Waals surface area contributed by atoms with E-state index in [4.69, 9.17) is 16.1 Å². The number of hydrogen-bond donors (Lipinski definition) is 2. The molecule has 23 heavy (non-hydrogen) atoms. The molecule has 0 saturated carbocycles. The molecular weight excluding hydrogens is 316 g/mol. The molecule has 1 aromatic carbocycles. The molecule has 3 rings (SSSR count). The summed E-state index contributed by atoms with van der Waals surface area (Å²) in [5, 5.41) is 10.1. The van der Waals surface area contributed by atoms with Crippen LogP contribution in [-0.4, -0.2) is 16.0 Å². The molecule has 0 saturated heterocycles. The molecule has 116 valence electrons. The number of pyridine rings is 1. The number of aryl methyl sites for hydroxylation is 1. The summed E-state index contributed by atoms with van der Waals surface area (Å²) >= 11 is 6.04. The Bertz CT molecular complexity index is 847. The van der Waals surface area contributed by atoms with E-state index in [0.29, 0.717) is 33.5 Å². The monoisotopic (exact) mass is 328 g/mol.